The minimum absolute atomic E-state index is 0.0631. The summed E-state index contributed by atoms with van der Waals surface area (Å²) in [6.45, 7) is 0. The lowest BCUT2D eigenvalue weighted by Crippen LogP contribution is -2.74. The molecule has 0 unspecified atom stereocenters. The van der Waals surface area contributed by atoms with Crippen LogP contribution in [0.4, 0.5) is 0 Å². The van der Waals surface area contributed by atoms with E-state index in [1.54, 1.807) is 30.3 Å². The Morgan fingerprint density at radius 2 is 1.04 bits per heavy atom. The van der Waals surface area contributed by atoms with E-state index in [0.29, 0.717) is 11.5 Å². The maximum Gasteiger partial charge on any atom is 0.238 e. The minimum Gasteiger partial charge on any atom is -0.300 e. The summed E-state index contributed by atoms with van der Waals surface area (Å²) in [5, 5.41) is 6.47. The normalized spacial score (nSPS) is 18.7. The van der Waals surface area contributed by atoms with Gasteiger partial charge >= 0.3 is 0 Å². The minimum atomic E-state index is -6.13. The average molecular weight is 774 g/mol. The van der Waals surface area contributed by atoms with E-state index in [4.69, 9.17) is 21.9 Å². The van der Waals surface area contributed by atoms with Crippen molar-refractivity contribution in [3.63, 3.8) is 0 Å². The first-order chi connectivity index (χ1) is 39.0. The van der Waals surface area contributed by atoms with E-state index >= 15 is 0 Å². The largest absolute Gasteiger partial charge is 0.300 e. The molecule has 10 rings (SSSR count). The van der Waals surface area contributed by atoms with Crippen LogP contribution in [0.15, 0.2) is 222 Å². The number of fused-ring (bicyclic) bond motifs is 6. The van der Waals surface area contributed by atoms with Gasteiger partial charge in [-0.15, -0.1) is 0 Å². The summed E-state index contributed by atoms with van der Waals surface area (Å²) < 4.78 is 238. The summed E-state index contributed by atoms with van der Waals surface area (Å²) in [5.41, 5.74) is -1.13. The molecule has 10 aromatic rings. The zero-order valence-electron chi connectivity index (χ0n) is 55.1. The van der Waals surface area contributed by atoms with Gasteiger partial charge in [0, 0.05) is 27.1 Å². The monoisotopic (exact) mass is 773 g/mol. The highest BCUT2D eigenvalue weighted by Gasteiger charge is 2.41. The number of hydrogen-bond donors (Lipinski definition) is 1. The maximum absolute atomic E-state index is 10.2. The molecule has 5 nitrogen and oxygen atoms in total. The Morgan fingerprint density at radius 1 is 0.491 bits per heavy atom. The van der Waals surface area contributed by atoms with Crippen LogP contribution in [0.25, 0.3) is 43.6 Å². The van der Waals surface area contributed by atoms with E-state index < -0.39 is 203 Å². The van der Waals surface area contributed by atoms with Crippen LogP contribution in [0.2, 0.25) is 0 Å². The summed E-state index contributed by atoms with van der Waals surface area (Å²) in [4.78, 5) is 9.20. The number of nitrogens with one attached hydrogen (secondary N) is 1. The number of aliphatic imine (C=N–C) groups is 2. The molecule has 0 aliphatic carbocycles. The quantitative estimate of drug-likeness (QED) is 0.0759. The molecule has 270 valence electrons. The Labute approximate surface area is 368 Å². The summed E-state index contributed by atoms with van der Waals surface area (Å²) in [7, 11) is -6.13. The molecule has 6 heteroatoms. The number of amidine groups is 1. The Kier molecular flexibility index (Phi) is 4.12. The molecule has 0 radical (unpaired) electrons. The van der Waals surface area contributed by atoms with Crippen molar-refractivity contribution in [2.24, 2.45) is 9.98 Å². The summed E-state index contributed by atoms with van der Waals surface area (Å²) in [5.74, 6) is -1.96. The van der Waals surface area contributed by atoms with Crippen molar-refractivity contribution in [3.8, 4) is 0 Å². The van der Waals surface area contributed by atoms with E-state index in [1.807, 2.05) is 0 Å². The Balaban J connectivity index is 1.41. The number of para-hydroxylation sites is 4. The van der Waals surface area contributed by atoms with E-state index in [0.717, 1.165) is 10.9 Å². The molecule has 57 heavy (non-hydrogen) atoms. The molecule has 0 aliphatic rings. The molecule has 8 aromatic carbocycles. The number of aromatic nitrogens is 2. The van der Waals surface area contributed by atoms with Gasteiger partial charge in [0.05, 0.1) is 57.7 Å². The molecule has 0 bridgehead atoms. The molecule has 0 amide bonds. The van der Waals surface area contributed by atoms with Crippen LogP contribution in [0.1, 0.15) is 41.2 Å². The Bertz CT molecular complexity index is 4560. The number of nitrogens with zero attached hydrogens (tertiary/aromatic N) is 4. The molecule has 0 saturated carbocycles. The number of rotatable bonds is 6. The van der Waals surface area contributed by atoms with Gasteiger partial charge < -0.3 is 0 Å². The van der Waals surface area contributed by atoms with Crippen LogP contribution < -0.4 is 20.7 Å². The SMILES string of the molecule is [2H]c1cc([Si](c2c([2H])c([2H])c([2H])c([2H])c2[2H])(c2c([2H])c([2H])c([2H])c([2H])c2[2H])c2c([2H])c([2H])c([2H])c(C(=N)N=C(/N=C/n3c4ccccc4c4c([2H])c([2H])c([2H])c([2H])c43)n3c4ccccc4c4c([2H])c([2H])c([2H])c([2H])c43)c2[2H])c([2H])c([2H])c1[2H]. The highest BCUT2D eigenvalue weighted by molar-refractivity contribution is 7.19. The third kappa shape index (κ3) is 5.74. The van der Waals surface area contributed by atoms with Gasteiger partial charge in [-0.2, -0.15) is 4.99 Å². The van der Waals surface area contributed by atoms with Crippen LogP contribution >= 0.6 is 0 Å². The first kappa shape index (κ1) is 16.4. The smallest absolute Gasteiger partial charge is 0.238 e. The predicted molar refractivity (Wildman–Crippen MR) is 242 cm³/mol. The topological polar surface area (TPSA) is 58.4 Å². The lowest BCUT2D eigenvalue weighted by Gasteiger charge is -2.34. The van der Waals surface area contributed by atoms with Crippen molar-refractivity contribution in [3.05, 3.63) is 217 Å². The van der Waals surface area contributed by atoms with Crippen LogP contribution in [0.3, 0.4) is 0 Å². The highest BCUT2D eigenvalue weighted by Crippen LogP contribution is 2.30. The third-order valence-corrected chi connectivity index (χ3v) is 13.4. The second-order valence-corrected chi connectivity index (χ2v) is 15.8. The van der Waals surface area contributed by atoms with Crippen molar-refractivity contribution in [1.29, 1.82) is 5.41 Å². The van der Waals surface area contributed by atoms with Gasteiger partial charge in [-0.05, 0) is 45.0 Å². The fourth-order valence-corrected chi connectivity index (χ4v) is 10.5. The summed E-state index contributed by atoms with van der Waals surface area (Å²) in [6.07, 6.45) is 1.04. The summed E-state index contributed by atoms with van der Waals surface area (Å²) in [6, 6.07) is -11.5. The maximum atomic E-state index is 10.2. The molecular formula is C51H37N5Si. The molecule has 2 aromatic heterocycles. The molecule has 1 N–H and O–H groups in total. The van der Waals surface area contributed by atoms with Crippen LogP contribution in [0, 0.1) is 5.41 Å². The third-order valence-electron chi connectivity index (χ3n) is 9.29. The number of benzene rings is 8. The fraction of sp³-hybridized carbons (Fsp3) is 0. The van der Waals surface area contributed by atoms with Crippen LogP contribution in [-0.2, 0) is 0 Å². The Morgan fingerprint density at radius 3 is 1.75 bits per heavy atom. The average Bonchev–Trinajstić information content (AvgIpc) is 2.09. The predicted octanol–water partition coefficient (Wildman–Crippen LogP) is 9.09. The van der Waals surface area contributed by atoms with Gasteiger partial charge in [-0.1, -0.05) is 187 Å². The van der Waals surface area contributed by atoms with Crippen molar-refractivity contribution >= 4 is 90.6 Å². The highest BCUT2D eigenvalue weighted by atomic mass is 28.3. The lowest BCUT2D eigenvalue weighted by atomic mass is 10.2. The van der Waals surface area contributed by atoms with Crippen molar-refractivity contribution < 1.29 is 35.6 Å². The molecule has 0 saturated heterocycles. The van der Waals surface area contributed by atoms with Gasteiger partial charge in [0.25, 0.3) is 0 Å². The Hall–Kier alpha value is -7.41. The zero-order chi connectivity index (χ0) is 60.8. The van der Waals surface area contributed by atoms with Gasteiger partial charge in [0.15, 0.2) is 13.9 Å². The molecule has 0 fully saturated rings. The molecule has 0 spiro atoms. The van der Waals surface area contributed by atoms with Gasteiger partial charge in [-0.25, -0.2) is 4.99 Å². The lowest BCUT2D eigenvalue weighted by molar-refractivity contribution is 1.21. The zero-order valence-corrected chi connectivity index (χ0v) is 30.1. The van der Waals surface area contributed by atoms with E-state index in [-0.39, 0.29) is 38.2 Å². The van der Waals surface area contributed by atoms with E-state index in [1.165, 1.54) is 22.8 Å². The second-order valence-electron chi connectivity index (χ2n) is 12.3. The molecule has 0 atom stereocenters. The molecule has 0 aliphatic heterocycles. The van der Waals surface area contributed by atoms with Crippen molar-refractivity contribution in [2.75, 3.05) is 0 Å². The first-order valence-corrected chi connectivity index (χ1v) is 19.0. The first-order valence-electron chi connectivity index (χ1n) is 30.0. The molecule has 2 heterocycles. The fourth-order valence-electron chi connectivity index (χ4n) is 6.88. The van der Waals surface area contributed by atoms with Gasteiger partial charge in [0.2, 0.25) is 5.96 Å². The number of hydrogen-bond acceptors (Lipinski definition) is 1. The van der Waals surface area contributed by atoms with Gasteiger partial charge in [0.1, 0.15) is 6.34 Å². The van der Waals surface area contributed by atoms with Crippen molar-refractivity contribution in [1.82, 2.24) is 9.13 Å². The van der Waals surface area contributed by atoms with Crippen molar-refractivity contribution in [2.45, 2.75) is 0 Å². The van der Waals surface area contributed by atoms with E-state index in [2.05, 4.69) is 9.98 Å². The van der Waals surface area contributed by atoms with Crippen LogP contribution in [0.5, 0.6) is 0 Å². The van der Waals surface area contributed by atoms with E-state index in [9.17, 15) is 19.1 Å². The standard InChI is InChI=1S/C51H37N5Si/c52-50(37-19-18-26-41(35-37)57(38-20-4-1-5-21-38,39-22-6-2-7-23-39)40-24-8-3-9-25-40)54-51(56-48-33-16-12-29-44(48)45-30-13-17-34-49(45)56)53-36-55-46-31-14-10-27-42(46)43-28-11-15-32-47(43)55/h1-36,52H/b52-50?,53-36+,54-51?/i1D,2D,3D,4D,5D,6D,7D,8D,9D,10D,12D,14D,16D,18D,19D,20D,21D,22D,23D,24D,26D,27D,29D,31D,33D,35D. The van der Waals surface area contributed by atoms with Gasteiger partial charge in [-0.3, -0.25) is 14.5 Å². The second kappa shape index (κ2) is 14.3. The van der Waals surface area contributed by atoms with Crippen LogP contribution in [-0.4, -0.2) is 35.3 Å². The molecular weight excluding hydrogens is 711 g/mol. The summed E-state index contributed by atoms with van der Waals surface area (Å²) >= 11 is 0.